The van der Waals surface area contributed by atoms with Gasteiger partial charge in [-0.15, -0.1) is 0 Å². The Balaban J connectivity index is 2.48. The molecule has 0 saturated heterocycles. The predicted molar refractivity (Wildman–Crippen MR) is 79.4 cm³/mol. The number of alkyl halides is 3. The van der Waals surface area contributed by atoms with Gasteiger partial charge in [-0.2, -0.15) is 13.2 Å². The van der Waals surface area contributed by atoms with Crippen molar-refractivity contribution in [1.82, 2.24) is 4.98 Å². The molecule has 1 heterocycles. The van der Waals surface area contributed by atoms with Gasteiger partial charge in [-0.1, -0.05) is 6.07 Å². The number of hydrogen-bond donors (Lipinski definition) is 1. The third-order valence-corrected chi connectivity index (χ3v) is 3.36. The van der Waals surface area contributed by atoms with Crippen molar-refractivity contribution >= 4 is 17.2 Å². The fourth-order valence-electron chi connectivity index (χ4n) is 2.05. The van der Waals surface area contributed by atoms with E-state index in [1.807, 2.05) is 0 Å². The molecule has 0 aliphatic carbocycles. The monoisotopic (exact) mass is 311 g/mol. The van der Waals surface area contributed by atoms with Crippen molar-refractivity contribution in [3.05, 3.63) is 41.6 Å². The number of anilines is 3. The Bertz CT molecular complexity index is 686. The van der Waals surface area contributed by atoms with Crippen LogP contribution >= 0.6 is 0 Å². The Morgan fingerprint density at radius 1 is 1.23 bits per heavy atom. The summed E-state index contributed by atoms with van der Waals surface area (Å²) in [5, 5.41) is 0. The van der Waals surface area contributed by atoms with Gasteiger partial charge in [-0.3, -0.25) is 0 Å². The van der Waals surface area contributed by atoms with Crippen LogP contribution in [0.4, 0.5) is 30.4 Å². The number of nitrogen functional groups attached to an aromatic ring is 1. The van der Waals surface area contributed by atoms with E-state index in [9.17, 15) is 13.2 Å². The normalized spacial score (nSPS) is 11.4. The number of pyridine rings is 1. The summed E-state index contributed by atoms with van der Waals surface area (Å²) in [5.74, 6) is 0.697. The minimum absolute atomic E-state index is 0.172. The Labute approximate surface area is 126 Å². The number of ether oxygens (including phenoxy) is 1. The van der Waals surface area contributed by atoms with Crippen molar-refractivity contribution in [3.8, 4) is 5.75 Å². The lowest BCUT2D eigenvalue weighted by Crippen LogP contribution is -2.16. The van der Waals surface area contributed by atoms with Gasteiger partial charge in [0.25, 0.3) is 0 Å². The van der Waals surface area contributed by atoms with Crippen molar-refractivity contribution in [3.63, 3.8) is 0 Å². The van der Waals surface area contributed by atoms with E-state index in [2.05, 4.69) is 4.98 Å². The topological polar surface area (TPSA) is 51.4 Å². The molecule has 22 heavy (non-hydrogen) atoms. The van der Waals surface area contributed by atoms with Crippen LogP contribution in [0.25, 0.3) is 0 Å². The van der Waals surface area contributed by atoms with Gasteiger partial charge in [-0.25, -0.2) is 4.98 Å². The maximum atomic E-state index is 12.8. The Morgan fingerprint density at radius 3 is 2.50 bits per heavy atom. The summed E-state index contributed by atoms with van der Waals surface area (Å²) in [6.07, 6.45) is -4.49. The lowest BCUT2D eigenvalue weighted by atomic mass is 10.1. The molecule has 0 spiro atoms. The molecule has 0 fully saturated rings. The predicted octanol–water partition coefficient (Wildman–Crippen LogP) is 3.77. The van der Waals surface area contributed by atoms with Crippen molar-refractivity contribution in [2.24, 2.45) is 0 Å². The van der Waals surface area contributed by atoms with Gasteiger partial charge in [0.15, 0.2) is 0 Å². The molecule has 0 radical (unpaired) electrons. The first-order valence-corrected chi connectivity index (χ1v) is 6.46. The average molecular weight is 311 g/mol. The van der Waals surface area contributed by atoms with Gasteiger partial charge >= 0.3 is 6.18 Å². The van der Waals surface area contributed by atoms with Crippen LogP contribution < -0.4 is 15.4 Å². The molecule has 0 atom stereocenters. The molecule has 4 nitrogen and oxygen atoms in total. The molecule has 0 saturated carbocycles. The summed E-state index contributed by atoms with van der Waals surface area (Å²) < 4.78 is 43.5. The van der Waals surface area contributed by atoms with Gasteiger partial charge < -0.3 is 15.4 Å². The summed E-state index contributed by atoms with van der Waals surface area (Å²) in [6, 6.07) is 7.12. The maximum Gasteiger partial charge on any atom is 0.433 e. The Kier molecular flexibility index (Phi) is 4.16. The fraction of sp³-hybridized carbons (Fsp3) is 0.267. The first-order valence-electron chi connectivity index (χ1n) is 6.46. The van der Waals surface area contributed by atoms with Gasteiger partial charge in [0, 0.05) is 24.9 Å². The van der Waals surface area contributed by atoms with E-state index in [1.165, 1.54) is 19.2 Å². The van der Waals surface area contributed by atoms with E-state index in [0.29, 0.717) is 17.1 Å². The van der Waals surface area contributed by atoms with Gasteiger partial charge in [0.2, 0.25) is 0 Å². The second-order valence-electron chi connectivity index (χ2n) is 4.80. The van der Waals surface area contributed by atoms with Crippen LogP contribution in [0.5, 0.6) is 5.75 Å². The molecule has 1 aromatic heterocycles. The molecule has 0 aliphatic heterocycles. The highest BCUT2D eigenvalue weighted by atomic mass is 19.4. The zero-order chi connectivity index (χ0) is 16.5. The highest BCUT2D eigenvalue weighted by Gasteiger charge is 2.32. The molecule has 2 N–H and O–H groups in total. The molecular formula is C15H16F3N3O. The summed E-state index contributed by atoms with van der Waals surface area (Å²) in [6.45, 7) is 1.79. The van der Waals surface area contributed by atoms with Crippen LogP contribution in [0.1, 0.15) is 11.3 Å². The number of nitrogens with two attached hydrogens (primary N) is 1. The van der Waals surface area contributed by atoms with E-state index in [1.54, 1.807) is 31.0 Å². The van der Waals surface area contributed by atoms with Gasteiger partial charge in [0.05, 0.1) is 12.8 Å². The number of benzene rings is 1. The Morgan fingerprint density at radius 2 is 1.91 bits per heavy atom. The lowest BCUT2D eigenvalue weighted by Gasteiger charge is -2.23. The quantitative estimate of drug-likeness (QED) is 0.877. The molecular weight excluding hydrogens is 295 g/mol. The van der Waals surface area contributed by atoms with Crippen LogP contribution in [0, 0.1) is 6.92 Å². The lowest BCUT2D eigenvalue weighted by molar-refractivity contribution is -0.141. The zero-order valence-electron chi connectivity index (χ0n) is 12.4. The number of aromatic nitrogens is 1. The molecule has 0 bridgehead atoms. The maximum absolute atomic E-state index is 12.8. The summed E-state index contributed by atoms with van der Waals surface area (Å²) in [5.41, 5.74) is 6.83. The van der Waals surface area contributed by atoms with Crippen LogP contribution in [-0.2, 0) is 6.18 Å². The Hall–Kier alpha value is -2.44. The highest BCUT2D eigenvalue weighted by molar-refractivity contribution is 5.72. The minimum atomic E-state index is -4.49. The third-order valence-electron chi connectivity index (χ3n) is 3.36. The van der Waals surface area contributed by atoms with E-state index in [-0.39, 0.29) is 5.82 Å². The fourth-order valence-corrected chi connectivity index (χ4v) is 2.05. The van der Waals surface area contributed by atoms with E-state index in [4.69, 9.17) is 10.5 Å². The smallest absolute Gasteiger partial charge is 0.433 e. The standard InChI is InChI=1S/C15H16F3N3O/c1-9-11(19)7-10(22-3)8-12(9)21(2)14-6-4-5-13(20-14)15(16,17)18/h4-8H,19H2,1-3H3. The average Bonchev–Trinajstić information content (AvgIpc) is 2.48. The molecule has 1 aromatic carbocycles. The number of hydrogen-bond acceptors (Lipinski definition) is 4. The number of nitrogens with zero attached hydrogens (tertiary/aromatic N) is 2. The molecule has 0 aliphatic rings. The summed E-state index contributed by atoms with van der Waals surface area (Å²) >= 11 is 0. The molecule has 0 unspecified atom stereocenters. The zero-order valence-corrected chi connectivity index (χ0v) is 12.4. The van der Waals surface area contributed by atoms with Gasteiger partial charge in [-0.05, 0) is 24.6 Å². The molecule has 0 amide bonds. The molecule has 118 valence electrons. The highest BCUT2D eigenvalue weighted by Crippen LogP contribution is 2.35. The first-order chi connectivity index (χ1) is 10.2. The van der Waals surface area contributed by atoms with Crippen LogP contribution in [0.3, 0.4) is 0 Å². The van der Waals surface area contributed by atoms with Crippen molar-refractivity contribution in [1.29, 1.82) is 0 Å². The van der Waals surface area contributed by atoms with Crippen molar-refractivity contribution in [2.45, 2.75) is 13.1 Å². The third kappa shape index (κ3) is 3.08. The minimum Gasteiger partial charge on any atom is -0.497 e. The first kappa shape index (κ1) is 15.9. The van der Waals surface area contributed by atoms with Crippen LogP contribution in [-0.4, -0.2) is 19.1 Å². The summed E-state index contributed by atoms with van der Waals surface area (Å²) in [4.78, 5) is 5.21. The van der Waals surface area contributed by atoms with Crippen molar-refractivity contribution in [2.75, 3.05) is 24.8 Å². The van der Waals surface area contributed by atoms with Crippen LogP contribution in [0.15, 0.2) is 30.3 Å². The van der Waals surface area contributed by atoms with E-state index >= 15 is 0 Å². The van der Waals surface area contributed by atoms with E-state index < -0.39 is 11.9 Å². The largest absolute Gasteiger partial charge is 0.497 e. The van der Waals surface area contributed by atoms with Crippen LogP contribution in [0.2, 0.25) is 0 Å². The van der Waals surface area contributed by atoms with E-state index in [0.717, 1.165) is 11.6 Å². The van der Waals surface area contributed by atoms with Gasteiger partial charge in [0.1, 0.15) is 17.3 Å². The molecule has 2 aromatic rings. The second-order valence-corrected chi connectivity index (χ2v) is 4.80. The second kappa shape index (κ2) is 5.75. The molecule has 2 rings (SSSR count). The number of methoxy groups -OCH3 is 1. The number of halogens is 3. The van der Waals surface area contributed by atoms with Crippen molar-refractivity contribution < 1.29 is 17.9 Å². The SMILES string of the molecule is COc1cc(N)c(C)c(N(C)c2cccc(C(F)(F)F)n2)c1. The molecule has 7 heteroatoms. The number of rotatable bonds is 3. The summed E-state index contributed by atoms with van der Waals surface area (Å²) in [7, 11) is 3.13.